The van der Waals surface area contributed by atoms with Crippen LogP contribution in [-0.2, 0) is 0 Å². The van der Waals surface area contributed by atoms with Gasteiger partial charge in [0.15, 0.2) is 0 Å². The van der Waals surface area contributed by atoms with E-state index in [9.17, 15) is 20.2 Å². The zero-order valence-electron chi connectivity index (χ0n) is 15.7. The molecule has 4 rings (SSSR count). The maximum Gasteiger partial charge on any atom is 0.270 e. The first-order valence-electron chi connectivity index (χ1n) is 9.14. The lowest BCUT2D eigenvalue weighted by atomic mass is 9.83. The number of hydrogen-bond donors (Lipinski definition) is 1. The lowest BCUT2D eigenvalue weighted by Crippen LogP contribution is -2.41. The van der Waals surface area contributed by atoms with Crippen molar-refractivity contribution in [1.29, 1.82) is 0 Å². The number of nitro groups is 2. The number of rotatable bonds is 4. The van der Waals surface area contributed by atoms with E-state index in [0.717, 1.165) is 29.0 Å². The van der Waals surface area contributed by atoms with Gasteiger partial charge in [0.25, 0.3) is 11.4 Å². The summed E-state index contributed by atoms with van der Waals surface area (Å²) in [5.74, 6) is 0.0284. The lowest BCUT2D eigenvalue weighted by Gasteiger charge is -2.32. The molecule has 29 heavy (non-hydrogen) atoms. The van der Waals surface area contributed by atoms with Gasteiger partial charge in [0, 0.05) is 43.3 Å². The quantitative estimate of drug-likeness (QED) is 0.630. The minimum atomic E-state index is -0.412. The van der Waals surface area contributed by atoms with Crippen LogP contribution in [-0.4, -0.2) is 40.6 Å². The summed E-state index contributed by atoms with van der Waals surface area (Å²) in [5, 5.41) is 26.7. The van der Waals surface area contributed by atoms with Crippen molar-refractivity contribution in [3.05, 3.63) is 85.5 Å². The number of hydrogen-bond acceptors (Lipinski definition) is 7. The van der Waals surface area contributed by atoms with Crippen LogP contribution in [0.15, 0.2) is 59.2 Å². The maximum atomic E-state index is 11.1. The molecule has 0 aliphatic carbocycles. The van der Waals surface area contributed by atoms with E-state index in [4.69, 9.17) is 0 Å². The Kier molecular flexibility index (Phi) is 4.81. The van der Waals surface area contributed by atoms with Gasteiger partial charge >= 0.3 is 0 Å². The van der Waals surface area contributed by atoms with Gasteiger partial charge in [0.2, 0.25) is 0 Å². The third-order valence-corrected chi connectivity index (χ3v) is 5.22. The van der Waals surface area contributed by atoms with E-state index in [2.05, 4.69) is 15.4 Å². The number of nitro benzene ring substituents is 2. The van der Waals surface area contributed by atoms with Gasteiger partial charge in [-0.25, -0.2) is 0 Å². The lowest BCUT2D eigenvalue weighted by molar-refractivity contribution is -0.385. The van der Waals surface area contributed by atoms with Gasteiger partial charge in [-0.05, 0) is 29.8 Å². The molecule has 0 bridgehead atoms. The molecule has 2 aromatic carbocycles. The second kappa shape index (κ2) is 7.44. The van der Waals surface area contributed by atoms with Gasteiger partial charge in [0.05, 0.1) is 21.6 Å². The number of piperidine rings is 1. The zero-order valence-corrected chi connectivity index (χ0v) is 15.7. The monoisotopic (exact) mass is 393 g/mol. The number of hydrazone groups is 1. The number of non-ortho nitro benzene ring substituents is 2. The average molecular weight is 393 g/mol. The smallest absolute Gasteiger partial charge is 0.270 e. The summed E-state index contributed by atoms with van der Waals surface area (Å²) in [6.07, 6.45) is 1.92. The van der Waals surface area contributed by atoms with Crippen LogP contribution < -0.4 is 5.43 Å². The summed E-state index contributed by atoms with van der Waals surface area (Å²) < 4.78 is 0. The van der Waals surface area contributed by atoms with Gasteiger partial charge in [-0.15, -0.1) is 0 Å². The summed E-state index contributed by atoms with van der Waals surface area (Å²) in [5.41, 5.74) is 6.65. The SMILES string of the molecule is CN1C/C(=C/c2cccc([N+](=O)[O-])c2)C2=NNC(c3cccc([N+](=O)[O-])c3)C2C1. The Labute approximate surface area is 166 Å². The molecule has 0 saturated carbocycles. The molecule has 0 radical (unpaired) electrons. The van der Waals surface area contributed by atoms with E-state index in [1.165, 1.54) is 18.2 Å². The molecular weight excluding hydrogens is 374 g/mol. The fraction of sp³-hybridized carbons (Fsp3) is 0.250. The first-order valence-corrected chi connectivity index (χ1v) is 9.14. The largest absolute Gasteiger partial charge is 0.302 e. The normalized spacial score (nSPS) is 22.7. The van der Waals surface area contributed by atoms with E-state index < -0.39 is 9.85 Å². The van der Waals surface area contributed by atoms with Crippen molar-refractivity contribution >= 4 is 23.2 Å². The van der Waals surface area contributed by atoms with Gasteiger partial charge in [-0.2, -0.15) is 5.10 Å². The number of nitrogens with zero attached hydrogens (tertiary/aromatic N) is 4. The highest BCUT2D eigenvalue weighted by molar-refractivity contribution is 6.07. The number of likely N-dealkylation sites (tertiary alicyclic amines) is 1. The highest BCUT2D eigenvalue weighted by Gasteiger charge is 2.39. The van der Waals surface area contributed by atoms with Gasteiger partial charge in [-0.3, -0.25) is 20.2 Å². The van der Waals surface area contributed by atoms with Gasteiger partial charge in [-0.1, -0.05) is 24.3 Å². The Morgan fingerprint density at radius 3 is 2.52 bits per heavy atom. The molecule has 0 spiro atoms. The maximum absolute atomic E-state index is 11.1. The molecule has 9 nitrogen and oxygen atoms in total. The Morgan fingerprint density at radius 2 is 1.79 bits per heavy atom. The molecule has 2 unspecified atom stereocenters. The van der Waals surface area contributed by atoms with E-state index in [-0.39, 0.29) is 23.3 Å². The first kappa shape index (κ1) is 18.8. The molecule has 2 aromatic rings. The molecule has 2 aliphatic rings. The number of nitrogens with one attached hydrogen (secondary N) is 1. The number of benzene rings is 2. The van der Waals surface area contributed by atoms with E-state index in [1.807, 2.05) is 25.3 Å². The van der Waals surface area contributed by atoms with Crippen LogP contribution >= 0.6 is 0 Å². The van der Waals surface area contributed by atoms with Crippen molar-refractivity contribution in [2.45, 2.75) is 6.04 Å². The van der Waals surface area contributed by atoms with Gasteiger partial charge < -0.3 is 10.3 Å². The highest BCUT2D eigenvalue weighted by Crippen LogP contribution is 2.35. The summed E-state index contributed by atoms with van der Waals surface area (Å²) >= 11 is 0. The van der Waals surface area contributed by atoms with Crippen LogP contribution in [0.25, 0.3) is 6.08 Å². The Hall–Kier alpha value is -3.59. The zero-order chi connectivity index (χ0) is 20.5. The molecule has 2 aliphatic heterocycles. The van der Waals surface area contributed by atoms with Crippen molar-refractivity contribution in [2.75, 3.05) is 20.1 Å². The van der Waals surface area contributed by atoms with Crippen molar-refractivity contribution in [2.24, 2.45) is 11.0 Å². The summed E-state index contributed by atoms with van der Waals surface area (Å²) in [7, 11) is 2.00. The highest BCUT2D eigenvalue weighted by atomic mass is 16.6. The molecule has 0 amide bonds. The fourth-order valence-electron chi connectivity index (χ4n) is 3.93. The minimum absolute atomic E-state index is 0.0284. The van der Waals surface area contributed by atoms with E-state index in [1.54, 1.807) is 18.2 Å². The van der Waals surface area contributed by atoms with Crippen molar-refractivity contribution < 1.29 is 9.85 Å². The standard InChI is InChI=1S/C20H19N5O4/c1-23-11-15(8-13-4-2-6-16(9-13)24(26)27)20-18(12-23)19(21-22-20)14-5-3-7-17(10-14)25(28)29/h2-10,18-19,21H,11-12H2,1H3/b15-8-. The fourth-order valence-corrected chi connectivity index (χ4v) is 3.93. The number of likely N-dealkylation sites (N-methyl/N-ethyl adjacent to an activating group) is 1. The predicted octanol–water partition coefficient (Wildman–Crippen LogP) is 3.15. The first-order chi connectivity index (χ1) is 13.9. The van der Waals surface area contributed by atoms with Crippen LogP contribution in [0.4, 0.5) is 11.4 Å². The molecule has 2 heterocycles. The molecule has 148 valence electrons. The summed E-state index contributed by atoms with van der Waals surface area (Å²) in [6, 6.07) is 12.9. The Morgan fingerprint density at radius 1 is 1.10 bits per heavy atom. The van der Waals surface area contributed by atoms with Crippen molar-refractivity contribution in [3.63, 3.8) is 0 Å². The van der Waals surface area contributed by atoms with Crippen LogP contribution in [0.1, 0.15) is 17.2 Å². The summed E-state index contributed by atoms with van der Waals surface area (Å²) in [6.45, 7) is 1.42. The van der Waals surface area contributed by atoms with E-state index >= 15 is 0 Å². The third-order valence-electron chi connectivity index (χ3n) is 5.22. The van der Waals surface area contributed by atoms with Crippen LogP contribution in [0.5, 0.6) is 0 Å². The molecule has 9 heteroatoms. The molecule has 2 atom stereocenters. The molecule has 1 fully saturated rings. The van der Waals surface area contributed by atoms with Gasteiger partial charge in [0.1, 0.15) is 0 Å². The minimum Gasteiger partial charge on any atom is -0.302 e. The summed E-state index contributed by atoms with van der Waals surface area (Å²) in [4.78, 5) is 23.5. The van der Waals surface area contributed by atoms with E-state index in [0.29, 0.717) is 6.54 Å². The second-order valence-electron chi connectivity index (χ2n) is 7.28. The Balaban J connectivity index is 1.65. The van der Waals surface area contributed by atoms with Crippen LogP contribution in [0.3, 0.4) is 0 Å². The Bertz CT molecular complexity index is 1050. The number of fused-ring (bicyclic) bond motifs is 1. The van der Waals surface area contributed by atoms with Crippen molar-refractivity contribution in [1.82, 2.24) is 10.3 Å². The topological polar surface area (TPSA) is 114 Å². The molecule has 0 aromatic heterocycles. The predicted molar refractivity (Wildman–Crippen MR) is 108 cm³/mol. The average Bonchev–Trinajstić information content (AvgIpc) is 3.12. The second-order valence-corrected chi connectivity index (χ2v) is 7.28. The van der Waals surface area contributed by atoms with Crippen molar-refractivity contribution in [3.8, 4) is 0 Å². The third kappa shape index (κ3) is 3.72. The van der Waals surface area contributed by atoms with Crippen LogP contribution in [0, 0.1) is 26.1 Å². The molecule has 1 saturated heterocycles. The molecular formula is C20H19N5O4. The molecule has 1 N–H and O–H groups in total. The van der Waals surface area contributed by atoms with Crippen LogP contribution in [0.2, 0.25) is 0 Å².